The lowest BCUT2D eigenvalue weighted by atomic mass is 10.0. The van der Waals surface area contributed by atoms with Crippen LogP contribution in [-0.4, -0.2) is 46.1 Å². The van der Waals surface area contributed by atoms with Gasteiger partial charge in [0.25, 0.3) is 0 Å². The third-order valence-electron chi connectivity index (χ3n) is 7.58. The standard InChI is InChI=1S/C34H65NO4/c1-3-5-7-9-11-13-15-17-19-20-22-24-26-28-32(37)31(30-36)35-34(39)33(38)29-27-25-23-21-18-16-14-12-10-8-6-4-2/h18,21,25,27,31-33,36-38H,3-17,19-20,22-24,26,28-30H2,1-2H3,(H,35,39)/b21-18-,27-25-. The summed E-state index contributed by atoms with van der Waals surface area (Å²) in [4.78, 5) is 12.3. The van der Waals surface area contributed by atoms with E-state index < -0.39 is 24.2 Å². The van der Waals surface area contributed by atoms with Crippen molar-refractivity contribution in [2.24, 2.45) is 0 Å². The Bertz CT molecular complexity index is 578. The highest BCUT2D eigenvalue weighted by atomic mass is 16.3. The van der Waals surface area contributed by atoms with E-state index in [1.807, 2.05) is 12.2 Å². The fourth-order valence-corrected chi connectivity index (χ4v) is 4.88. The van der Waals surface area contributed by atoms with Gasteiger partial charge in [0.05, 0.1) is 18.8 Å². The van der Waals surface area contributed by atoms with E-state index in [4.69, 9.17) is 0 Å². The number of rotatable bonds is 29. The predicted octanol–water partition coefficient (Wildman–Crippen LogP) is 8.31. The lowest BCUT2D eigenvalue weighted by molar-refractivity contribution is -0.131. The largest absolute Gasteiger partial charge is 0.394 e. The summed E-state index contributed by atoms with van der Waals surface area (Å²) in [5.74, 6) is -0.540. The van der Waals surface area contributed by atoms with Gasteiger partial charge in [-0.25, -0.2) is 0 Å². The predicted molar refractivity (Wildman–Crippen MR) is 167 cm³/mol. The maximum atomic E-state index is 12.3. The molecule has 4 N–H and O–H groups in total. The van der Waals surface area contributed by atoms with Crippen LogP contribution in [0.4, 0.5) is 0 Å². The van der Waals surface area contributed by atoms with Crippen LogP contribution in [0.2, 0.25) is 0 Å². The van der Waals surface area contributed by atoms with Crippen molar-refractivity contribution in [1.82, 2.24) is 5.32 Å². The smallest absolute Gasteiger partial charge is 0.249 e. The molecule has 0 aliphatic carbocycles. The van der Waals surface area contributed by atoms with Crippen LogP contribution in [0.25, 0.3) is 0 Å². The lowest BCUT2D eigenvalue weighted by Crippen LogP contribution is -2.49. The lowest BCUT2D eigenvalue weighted by Gasteiger charge is -2.23. The summed E-state index contributed by atoms with van der Waals surface area (Å²) >= 11 is 0. The van der Waals surface area contributed by atoms with Gasteiger partial charge in [-0.1, -0.05) is 154 Å². The summed E-state index contributed by atoms with van der Waals surface area (Å²) in [5, 5.41) is 32.8. The second-order valence-corrected chi connectivity index (χ2v) is 11.4. The molecule has 0 aliphatic rings. The van der Waals surface area contributed by atoms with Crippen molar-refractivity contribution in [2.45, 2.75) is 180 Å². The molecule has 0 bridgehead atoms. The Morgan fingerprint density at radius 2 is 1.10 bits per heavy atom. The fourth-order valence-electron chi connectivity index (χ4n) is 4.88. The zero-order valence-electron chi connectivity index (χ0n) is 25.8. The summed E-state index contributed by atoms with van der Waals surface area (Å²) in [6.07, 6.45) is 33.1. The molecule has 3 atom stereocenters. The van der Waals surface area contributed by atoms with Gasteiger partial charge in [0, 0.05) is 6.42 Å². The van der Waals surface area contributed by atoms with E-state index >= 15 is 0 Å². The fraction of sp³-hybridized carbons (Fsp3) is 0.853. The molecule has 0 aromatic carbocycles. The van der Waals surface area contributed by atoms with Crippen molar-refractivity contribution in [2.75, 3.05) is 6.61 Å². The summed E-state index contributed by atoms with van der Waals surface area (Å²) in [6, 6.07) is -0.738. The first-order chi connectivity index (χ1) is 19.1. The molecule has 0 radical (unpaired) electrons. The third-order valence-corrected chi connectivity index (χ3v) is 7.58. The highest BCUT2D eigenvalue weighted by molar-refractivity contribution is 5.81. The number of hydrogen-bond donors (Lipinski definition) is 4. The quantitative estimate of drug-likeness (QED) is 0.0556. The van der Waals surface area contributed by atoms with E-state index in [1.54, 1.807) is 0 Å². The number of unbranched alkanes of at least 4 members (excludes halogenated alkanes) is 18. The van der Waals surface area contributed by atoms with Crippen molar-refractivity contribution in [3.8, 4) is 0 Å². The Hall–Kier alpha value is -1.17. The monoisotopic (exact) mass is 551 g/mol. The van der Waals surface area contributed by atoms with Crippen LogP contribution in [0.15, 0.2) is 24.3 Å². The van der Waals surface area contributed by atoms with Crippen molar-refractivity contribution in [3.05, 3.63) is 24.3 Å². The van der Waals surface area contributed by atoms with Gasteiger partial charge in [-0.15, -0.1) is 0 Å². The van der Waals surface area contributed by atoms with Crippen LogP contribution in [0, 0.1) is 0 Å². The normalized spacial score (nSPS) is 14.3. The van der Waals surface area contributed by atoms with Gasteiger partial charge in [0.1, 0.15) is 6.10 Å². The molecule has 1 amide bonds. The van der Waals surface area contributed by atoms with E-state index in [1.165, 1.54) is 109 Å². The minimum absolute atomic E-state index is 0.226. The molecule has 0 spiro atoms. The van der Waals surface area contributed by atoms with Crippen molar-refractivity contribution < 1.29 is 20.1 Å². The van der Waals surface area contributed by atoms with E-state index in [0.717, 1.165) is 25.7 Å². The van der Waals surface area contributed by atoms with Crippen LogP contribution in [-0.2, 0) is 4.79 Å². The Kier molecular flexibility index (Phi) is 28.9. The van der Waals surface area contributed by atoms with Crippen molar-refractivity contribution in [3.63, 3.8) is 0 Å². The number of hydrogen-bond acceptors (Lipinski definition) is 4. The van der Waals surface area contributed by atoms with Crippen LogP contribution in [0.3, 0.4) is 0 Å². The molecular weight excluding hydrogens is 486 g/mol. The van der Waals surface area contributed by atoms with E-state index in [-0.39, 0.29) is 13.0 Å². The van der Waals surface area contributed by atoms with Gasteiger partial charge in [-0.3, -0.25) is 4.79 Å². The first kappa shape index (κ1) is 37.8. The van der Waals surface area contributed by atoms with E-state index in [9.17, 15) is 20.1 Å². The zero-order chi connectivity index (χ0) is 28.8. The SMILES string of the molecule is CCCCCCCC/C=C\C/C=C\CC(O)C(=O)NC(CO)C(O)CCCCCCCCCCCCCCC. The molecule has 0 aromatic rings. The average molecular weight is 552 g/mol. The summed E-state index contributed by atoms with van der Waals surface area (Å²) in [7, 11) is 0. The molecule has 0 heterocycles. The Balaban J connectivity index is 3.83. The molecule has 5 heteroatoms. The molecule has 39 heavy (non-hydrogen) atoms. The third kappa shape index (κ3) is 25.5. The number of carbonyl (C=O) groups is 1. The molecule has 0 saturated heterocycles. The van der Waals surface area contributed by atoms with Gasteiger partial charge in [-0.2, -0.15) is 0 Å². The minimum Gasteiger partial charge on any atom is -0.394 e. The molecule has 3 unspecified atom stereocenters. The number of aliphatic hydroxyl groups excluding tert-OH is 3. The second-order valence-electron chi connectivity index (χ2n) is 11.4. The number of carbonyl (C=O) groups excluding carboxylic acids is 1. The summed E-state index contributed by atoms with van der Waals surface area (Å²) in [5.41, 5.74) is 0. The van der Waals surface area contributed by atoms with Gasteiger partial charge >= 0.3 is 0 Å². The Labute approximate surface area is 241 Å². The first-order valence-corrected chi connectivity index (χ1v) is 16.6. The van der Waals surface area contributed by atoms with Gasteiger partial charge in [-0.05, 0) is 25.7 Å². The maximum Gasteiger partial charge on any atom is 0.249 e. The average Bonchev–Trinajstić information content (AvgIpc) is 2.94. The highest BCUT2D eigenvalue weighted by Crippen LogP contribution is 2.14. The molecule has 0 fully saturated rings. The van der Waals surface area contributed by atoms with Gasteiger partial charge in [0.15, 0.2) is 0 Å². The topological polar surface area (TPSA) is 89.8 Å². The molecule has 0 aromatic heterocycles. The summed E-state index contributed by atoms with van der Waals surface area (Å²) in [6.45, 7) is 4.16. The van der Waals surface area contributed by atoms with Gasteiger partial charge < -0.3 is 20.6 Å². The highest BCUT2D eigenvalue weighted by Gasteiger charge is 2.23. The molecule has 0 rings (SSSR count). The van der Waals surface area contributed by atoms with Gasteiger partial charge in [0.2, 0.25) is 5.91 Å². The first-order valence-electron chi connectivity index (χ1n) is 16.6. The van der Waals surface area contributed by atoms with Crippen LogP contribution in [0.1, 0.15) is 162 Å². The van der Waals surface area contributed by atoms with E-state index in [2.05, 4.69) is 31.3 Å². The minimum atomic E-state index is -1.18. The number of aliphatic hydroxyl groups is 3. The van der Waals surface area contributed by atoms with Crippen LogP contribution < -0.4 is 5.32 Å². The molecule has 0 saturated carbocycles. The molecule has 0 aliphatic heterocycles. The summed E-state index contributed by atoms with van der Waals surface area (Å²) < 4.78 is 0. The maximum absolute atomic E-state index is 12.3. The number of nitrogens with one attached hydrogen (secondary N) is 1. The molecule has 5 nitrogen and oxygen atoms in total. The van der Waals surface area contributed by atoms with Crippen LogP contribution >= 0.6 is 0 Å². The number of allylic oxidation sites excluding steroid dienone is 3. The number of amides is 1. The van der Waals surface area contributed by atoms with Crippen LogP contribution in [0.5, 0.6) is 0 Å². The Morgan fingerprint density at radius 1 is 0.641 bits per heavy atom. The molecule has 230 valence electrons. The van der Waals surface area contributed by atoms with Crippen molar-refractivity contribution >= 4 is 5.91 Å². The van der Waals surface area contributed by atoms with E-state index in [0.29, 0.717) is 6.42 Å². The Morgan fingerprint density at radius 3 is 1.62 bits per heavy atom. The second kappa shape index (κ2) is 29.8. The molecular formula is C34H65NO4. The van der Waals surface area contributed by atoms with Crippen molar-refractivity contribution in [1.29, 1.82) is 0 Å². The zero-order valence-corrected chi connectivity index (χ0v) is 25.8.